The minimum atomic E-state index is -0.507. The normalized spacial score (nSPS) is 12.4. The fourth-order valence-corrected chi connectivity index (χ4v) is 2.13. The van der Waals surface area contributed by atoms with Crippen LogP contribution in [0.5, 0.6) is 0 Å². The molecule has 0 bridgehead atoms. The minimum absolute atomic E-state index is 0.0135. The summed E-state index contributed by atoms with van der Waals surface area (Å²) in [7, 11) is 0. The van der Waals surface area contributed by atoms with Crippen molar-refractivity contribution >= 4 is 28.8 Å². The third-order valence-corrected chi connectivity index (χ3v) is 3.28. The Hall–Kier alpha value is -1.20. The van der Waals surface area contributed by atoms with Gasteiger partial charge in [-0.15, -0.1) is 11.3 Å². The van der Waals surface area contributed by atoms with Crippen molar-refractivity contribution in [3.63, 3.8) is 0 Å². The van der Waals surface area contributed by atoms with Gasteiger partial charge >= 0.3 is 0 Å². The summed E-state index contributed by atoms with van der Waals surface area (Å²) in [5, 5.41) is 4.95. The Morgan fingerprint density at radius 2 is 2.38 bits per heavy atom. The first kappa shape index (κ1) is 11.3. The van der Waals surface area contributed by atoms with E-state index < -0.39 is 5.82 Å². The summed E-state index contributed by atoms with van der Waals surface area (Å²) in [5.41, 5.74) is 0. The number of halogens is 2. The van der Waals surface area contributed by atoms with Crippen LogP contribution < -0.4 is 5.32 Å². The largest absolute Gasteiger partial charge is 0.360 e. The second-order valence-corrected chi connectivity index (χ2v) is 4.53. The number of thiophene rings is 1. The molecule has 1 atom stereocenters. The van der Waals surface area contributed by atoms with Gasteiger partial charge in [-0.25, -0.2) is 9.37 Å². The molecule has 2 heterocycles. The van der Waals surface area contributed by atoms with E-state index >= 15 is 0 Å². The van der Waals surface area contributed by atoms with Crippen molar-refractivity contribution in [2.75, 3.05) is 5.32 Å². The molecule has 0 saturated carbocycles. The molecular formula is C10H9ClFN3S. The highest BCUT2D eigenvalue weighted by Gasteiger charge is 2.11. The Bertz CT molecular complexity index is 475. The van der Waals surface area contributed by atoms with Gasteiger partial charge in [0, 0.05) is 4.88 Å². The van der Waals surface area contributed by atoms with E-state index in [2.05, 4.69) is 15.3 Å². The molecule has 0 saturated heterocycles. The molecule has 0 radical (unpaired) electrons. The molecular weight excluding hydrogens is 249 g/mol. The predicted molar refractivity (Wildman–Crippen MR) is 63.4 cm³/mol. The Morgan fingerprint density at radius 1 is 1.56 bits per heavy atom. The molecule has 1 N–H and O–H groups in total. The van der Waals surface area contributed by atoms with Gasteiger partial charge in [-0.3, -0.25) is 0 Å². The molecule has 16 heavy (non-hydrogen) atoms. The van der Waals surface area contributed by atoms with E-state index in [9.17, 15) is 4.39 Å². The van der Waals surface area contributed by atoms with Crippen molar-refractivity contribution in [3.8, 4) is 0 Å². The molecule has 0 fully saturated rings. The molecule has 2 aromatic heterocycles. The fraction of sp³-hybridized carbons (Fsp3) is 0.200. The second kappa shape index (κ2) is 4.76. The van der Waals surface area contributed by atoms with E-state index in [1.165, 1.54) is 0 Å². The molecule has 0 aliphatic heterocycles. The monoisotopic (exact) mass is 257 g/mol. The van der Waals surface area contributed by atoms with E-state index in [-0.39, 0.29) is 17.1 Å². The number of hydrogen-bond donors (Lipinski definition) is 1. The highest BCUT2D eigenvalue weighted by molar-refractivity contribution is 7.10. The molecule has 0 amide bonds. The molecule has 0 aromatic carbocycles. The Labute approximate surface area is 101 Å². The van der Waals surface area contributed by atoms with Gasteiger partial charge in [-0.05, 0) is 30.0 Å². The Kier molecular flexibility index (Phi) is 3.36. The molecule has 0 aliphatic carbocycles. The van der Waals surface area contributed by atoms with Crippen LogP contribution in [0.2, 0.25) is 5.28 Å². The molecule has 2 aromatic rings. The van der Waals surface area contributed by atoms with Gasteiger partial charge < -0.3 is 5.32 Å². The van der Waals surface area contributed by atoms with Crippen LogP contribution in [0.15, 0.2) is 23.7 Å². The number of aromatic nitrogens is 2. The summed E-state index contributed by atoms with van der Waals surface area (Å²) in [4.78, 5) is 8.45. The SMILES string of the molecule is CC(Nc1nc(Cl)ncc1F)c1cccs1. The second-order valence-electron chi connectivity index (χ2n) is 3.22. The van der Waals surface area contributed by atoms with Gasteiger partial charge in [0.1, 0.15) is 0 Å². The maximum absolute atomic E-state index is 13.3. The third kappa shape index (κ3) is 2.48. The first-order valence-electron chi connectivity index (χ1n) is 4.65. The number of hydrogen-bond acceptors (Lipinski definition) is 4. The van der Waals surface area contributed by atoms with E-state index in [1.807, 2.05) is 24.4 Å². The van der Waals surface area contributed by atoms with Gasteiger partial charge in [0.25, 0.3) is 0 Å². The highest BCUT2D eigenvalue weighted by Crippen LogP contribution is 2.23. The van der Waals surface area contributed by atoms with Crippen molar-refractivity contribution in [2.45, 2.75) is 13.0 Å². The molecule has 2 rings (SSSR count). The van der Waals surface area contributed by atoms with Gasteiger partial charge in [-0.2, -0.15) is 4.98 Å². The first-order valence-corrected chi connectivity index (χ1v) is 5.90. The molecule has 3 nitrogen and oxygen atoms in total. The van der Waals surface area contributed by atoms with Crippen molar-refractivity contribution in [1.29, 1.82) is 0 Å². The standard InChI is InChI=1S/C10H9ClFN3S/c1-6(8-3-2-4-16-8)14-9-7(12)5-13-10(11)15-9/h2-6H,1H3,(H,13,14,15). The van der Waals surface area contributed by atoms with E-state index in [0.29, 0.717) is 0 Å². The summed E-state index contributed by atoms with van der Waals surface area (Å²) in [6.07, 6.45) is 1.05. The number of nitrogens with zero attached hydrogens (tertiary/aromatic N) is 2. The maximum Gasteiger partial charge on any atom is 0.224 e. The smallest absolute Gasteiger partial charge is 0.224 e. The van der Waals surface area contributed by atoms with Crippen LogP contribution in [0.4, 0.5) is 10.2 Å². The Balaban J connectivity index is 2.17. The molecule has 84 valence electrons. The van der Waals surface area contributed by atoms with Crippen LogP contribution in [-0.2, 0) is 0 Å². The van der Waals surface area contributed by atoms with E-state index in [0.717, 1.165) is 11.1 Å². The van der Waals surface area contributed by atoms with E-state index in [1.54, 1.807) is 11.3 Å². The topological polar surface area (TPSA) is 37.8 Å². The quantitative estimate of drug-likeness (QED) is 0.855. The lowest BCUT2D eigenvalue weighted by molar-refractivity contribution is 0.614. The number of nitrogens with one attached hydrogen (secondary N) is 1. The van der Waals surface area contributed by atoms with Gasteiger partial charge in [0.2, 0.25) is 5.28 Å². The fourth-order valence-electron chi connectivity index (χ4n) is 1.26. The maximum atomic E-state index is 13.3. The minimum Gasteiger partial charge on any atom is -0.360 e. The number of anilines is 1. The van der Waals surface area contributed by atoms with Crippen LogP contribution in [-0.4, -0.2) is 9.97 Å². The van der Waals surface area contributed by atoms with Crippen molar-refractivity contribution < 1.29 is 4.39 Å². The van der Waals surface area contributed by atoms with E-state index in [4.69, 9.17) is 11.6 Å². The number of rotatable bonds is 3. The summed E-state index contributed by atoms with van der Waals surface area (Å²) in [6.45, 7) is 1.93. The summed E-state index contributed by atoms with van der Waals surface area (Å²) >= 11 is 7.20. The summed E-state index contributed by atoms with van der Waals surface area (Å²) in [5.74, 6) is -0.381. The summed E-state index contributed by atoms with van der Waals surface area (Å²) < 4.78 is 13.3. The van der Waals surface area contributed by atoms with Gasteiger partial charge in [0.15, 0.2) is 11.6 Å². The molecule has 1 unspecified atom stereocenters. The van der Waals surface area contributed by atoms with Crippen LogP contribution in [0.3, 0.4) is 0 Å². The van der Waals surface area contributed by atoms with Gasteiger partial charge in [0.05, 0.1) is 12.2 Å². The molecule has 0 spiro atoms. The molecule has 0 aliphatic rings. The first-order chi connectivity index (χ1) is 7.66. The van der Waals surface area contributed by atoms with Gasteiger partial charge in [-0.1, -0.05) is 6.07 Å². The average Bonchev–Trinajstić information content (AvgIpc) is 2.76. The van der Waals surface area contributed by atoms with Crippen molar-refractivity contribution in [3.05, 3.63) is 39.7 Å². The lowest BCUT2D eigenvalue weighted by atomic mass is 10.3. The average molecular weight is 258 g/mol. The van der Waals surface area contributed by atoms with Crippen LogP contribution in [0, 0.1) is 5.82 Å². The zero-order valence-electron chi connectivity index (χ0n) is 8.45. The third-order valence-electron chi connectivity index (χ3n) is 2.04. The predicted octanol–water partition coefficient (Wildman–Crippen LogP) is 3.50. The van der Waals surface area contributed by atoms with Crippen LogP contribution in [0.25, 0.3) is 0 Å². The van der Waals surface area contributed by atoms with Crippen molar-refractivity contribution in [1.82, 2.24) is 9.97 Å². The zero-order chi connectivity index (χ0) is 11.5. The van der Waals surface area contributed by atoms with Crippen molar-refractivity contribution in [2.24, 2.45) is 0 Å². The lowest BCUT2D eigenvalue weighted by Crippen LogP contribution is -2.08. The van der Waals surface area contributed by atoms with Crippen LogP contribution >= 0.6 is 22.9 Å². The highest BCUT2D eigenvalue weighted by atomic mass is 35.5. The zero-order valence-corrected chi connectivity index (χ0v) is 10.0. The lowest BCUT2D eigenvalue weighted by Gasteiger charge is -2.13. The Morgan fingerprint density at radius 3 is 3.06 bits per heavy atom. The van der Waals surface area contributed by atoms with Crippen LogP contribution in [0.1, 0.15) is 17.8 Å². The summed E-state index contributed by atoms with van der Waals surface area (Å²) in [6, 6.07) is 3.91. The molecule has 6 heteroatoms.